The molecule has 6 nitrogen and oxygen atoms in total. The number of carbonyl (C=O) groups is 1. The molecule has 0 aliphatic heterocycles. The number of rotatable bonds is 9. The molecule has 0 aliphatic carbocycles. The number of hydrogen-bond donors (Lipinski definition) is 3. The molecule has 0 radical (unpaired) electrons. The lowest BCUT2D eigenvalue weighted by atomic mass is 10.1. The van der Waals surface area contributed by atoms with Crippen LogP contribution in [0.2, 0.25) is 0 Å². The standard InChI is InChI=1S/C18H27N3O3/c1-14(2)12-17(19-3)18(24)20-16-6-4-15(5-7-16)13-21(8-10-22)9-11-23/h4-7,12,22-23H,8-11,13H2,1-3H3,(H,20,24). The summed E-state index contributed by atoms with van der Waals surface area (Å²) in [7, 11) is 1.59. The second-order valence-electron chi connectivity index (χ2n) is 5.70. The topological polar surface area (TPSA) is 85.2 Å². The Kier molecular flexibility index (Phi) is 8.93. The summed E-state index contributed by atoms with van der Waals surface area (Å²) >= 11 is 0. The zero-order valence-corrected chi connectivity index (χ0v) is 14.6. The molecule has 6 heteroatoms. The van der Waals surface area contributed by atoms with Crippen LogP contribution in [-0.4, -0.2) is 60.1 Å². The molecule has 1 amide bonds. The lowest BCUT2D eigenvalue weighted by Gasteiger charge is -2.20. The van der Waals surface area contributed by atoms with Crippen LogP contribution in [-0.2, 0) is 11.3 Å². The van der Waals surface area contributed by atoms with E-state index in [1.54, 1.807) is 13.1 Å². The third-order valence-corrected chi connectivity index (χ3v) is 3.35. The van der Waals surface area contributed by atoms with Gasteiger partial charge in [-0.2, -0.15) is 0 Å². The van der Waals surface area contributed by atoms with Crippen LogP contribution in [0, 0.1) is 0 Å². The highest BCUT2D eigenvalue weighted by Gasteiger charge is 2.09. The van der Waals surface area contributed by atoms with Crippen molar-refractivity contribution in [3.05, 3.63) is 41.5 Å². The van der Waals surface area contributed by atoms with Gasteiger partial charge in [0.15, 0.2) is 0 Å². The van der Waals surface area contributed by atoms with Gasteiger partial charge in [-0.15, -0.1) is 0 Å². The van der Waals surface area contributed by atoms with E-state index in [4.69, 9.17) is 10.2 Å². The Morgan fingerprint density at radius 2 is 1.75 bits per heavy atom. The van der Waals surface area contributed by atoms with Crippen molar-refractivity contribution in [3.8, 4) is 0 Å². The zero-order chi connectivity index (χ0) is 17.9. The van der Waals surface area contributed by atoms with Gasteiger partial charge in [0.25, 0.3) is 5.91 Å². The van der Waals surface area contributed by atoms with Crippen molar-refractivity contribution < 1.29 is 15.0 Å². The van der Waals surface area contributed by atoms with Crippen LogP contribution in [0.4, 0.5) is 5.69 Å². The first-order valence-electron chi connectivity index (χ1n) is 7.96. The number of nitrogens with one attached hydrogen (secondary N) is 1. The van der Waals surface area contributed by atoms with E-state index in [9.17, 15) is 4.79 Å². The number of aliphatic hydroxyl groups is 2. The molecular formula is C18H27N3O3. The number of allylic oxidation sites excluding steroid dienone is 1. The van der Waals surface area contributed by atoms with Crippen molar-refractivity contribution in [2.24, 2.45) is 4.99 Å². The molecule has 0 atom stereocenters. The first kappa shape index (κ1) is 20.0. The van der Waals surface area contributed by atoms with Crippen molar-refractivity contribution in [2.75, 3.05) is 38.7 Å². The Bertz CT molecular complexity index is 570. The molecular weight excluding hydrogens is 306 g/mol. The molecule has 3 N–H and O–H groups in total. The number of carbonyl (C=O) groups excluding carboxylic acids is 1. The van der Waals surface area contributed by atoms with E-state index in [0.717, 1.165) is 11.1 Å². The predicted octanol–water partition coefficient (Wildman–Crippen LogP) is 1.45. The highest BCUT2D eigenvalue weighted by molar-refractivity contribution is 6.47. The predicted molar refractivity (Wildman–Crippen MR) is 97.3 cm³/mol. The second kappa shape index (κ2) is 10.7. The van der Waals surface area contributed by atoms with Crippen LogP contribution < -0.4 is 5.32 Å². The number of hydrogen-bond acceptors (Lipinski definition) is 5. The molecule has 0 spiro atoms. The van der Waals surface area contributed by atoms with Crippen LogP contribution in [0.25, 0.3) is 0 Å². The Balaban J connectivity index is 2.70. The maximum Gasteiger partial charge on any atom is 0.273 e. The maximum atomic E-state index is 12.2. The van der Waals surface area contributed by atoms with Crippen molar-refractivity contribution in [1.29, 1.82) is 0 Å². The number of benzene rings is 1. The molecule has 1 rings (SSSR count). The molecule has 0 aromatic heterocycles. The number of anilines is 1. The Morgan fingerprint density at radius 3 is 2.21 bits per heavy atom. The van der Waals surface area contributed by atoms with Crippen LogP contribution in [0.3, 0.4) is 0 Å². The molecule has 1 aromatic carbocycles. The third kappa shape index (κ3) is 7.04. The summed E-state index contributed by atoms with van der Waals surface area (Å²) in [5, 5.41) is 20.9. The first-order valence-corrected chi connectivity index (χ1v) is 7.96. The molecule has 0 bridgehead atoms. The zero-order valence-electron chi connectivity index (χ0n) is 14.6. The average molecular weight is 333 g/mol. The van der Waals surface area contributed by atoms with Gasteiger partial charge in [0.1, 0.15) is 5.71 Å². The quantitative estimate of drug-likeness (QED) is 0.597. The molecule has 0 saturated carbocycles. The van der Waals surface area contributed by atoms with Gasteiger partial charge < -0.3 is 15.5 Å². The highest BCUT2D eigenvalue weighted by atomic mass is 16.3. The van der Waals surface area contributed by atoms with E-state index in [0.29, 0.717) is 31.0 Å². The summed E-state index contributed by atoms with van der Waals surface area (Å²) in [6.45, 7) is 5.59. The number of aliphatic imine (C=N–C) groups is 1. The fourth-order valence-electron chi connectivity index (χ4n) is 2.20. The SMILES string of the molecule is CN=C(C=C(C)C)C(=O)Nc1ccc(CN(CCO)CCO)cc1. The number of aliphatic hydroxyl groups excluding tert-OH is 2. The monoisotopic (exact) mass is 333 g/mol. The van der Waals surface area contributed by atoms with Crippen LogP contribution in [0.5, 0.6) is 0 Å². The van der Waals surface area contributed by atoms with E-state index in [2.05, 4.69) is 10.3 Å². The van der Waals surface area contributed by atoms with Crippen LogP contribution in [0.1, 0.15) is 19.4 Å². The van der Waals surface area contributed by atoms with Crippen molar-refractivity contribution in [2.45, 2.75) is 20.4 Å². The summed E-state index contributed by atoms with van der Waals surface area (Å²) in [5.74, 6) is -0.242. The second-order valence-corrected chi connectivity index (χ2v) is 5.70. The van der Waals surface area contributed by atoms with Gasteiger partial charge in [-0.1, -0.05) is 17.7 Å². The van der Waals surface area contributed by atoms with Gasteiger partial charge in [0.05, 0.1) is 13.2 Å². The Morgan fingerprint density at radius 1 is 1.17 bits per heavy atom. The van der Waals surface area contributed by atoms with Crippen molar-refractivity contribution in [1.82, 2.24) is 4.90 Å². The smallest absolute Gasteiger partial charge is 0.273 e. The van der Waals surface area contributed by atoms with Gasteiger partial charge >= 0.3 is 0 Å². The molecule has 24 heavy (non-hydrogen) atoms. The minimum atomic E-state index is -0.242. The summed E-state index contributed by atoms with van der Waals surface area (Å²) in [6, 6.07) is 7.50. The largest absolute Gasteiger partial charge is 0.395 e. The molecule has 1 aromatic rings. The van der Waals surface area contributed by atoms with Gasteiger partial charge in [0.2, 0.25) is 0 Å². The molecule has 0 fully saturated rings. The number of amides is 1. The van der Waals surface area contributed by atoms with Gasteiger partial charge in [-0.3, -0.25) is 14.7 Å². The van der Waals surface area contributed by atoms with Gasteiger partial charge in [0, 0.05) is 32.4 Å². The van der Waals surface area contributed by atoms with E-state index in [1.807, 2.05) is 43.0 Å². The third-order valence-electron chi connectivity index (χ3n) is 3.35. The first-order chi connectivity index (χ1) is 11.5. The van der Waals surface area contributed by atoms with E-state index >= 15 is 0 Å². The number of nitrogens with zero attached hydrogens (tertiary/aromatic N) is 2. The van der Waals surface area contributed by atoms with E-state index < -0.39 is 0 Å². The summed E-state index contributed by atoms with van der Waals surface area (Å²) in [6.07, 6.45) is 1.74. The minimum absolute atomic E-state index is 0.0532. The minimum Gasteiger partial charge on any atom is -0.395 e. The van der Waals surface area contributed by atoms with Crippen molar-refractivity contribution >= 4 is 17.3 Å². The van der Waals surface area contributed by atoms with Crippen LogP contribution in [0.15, 0.2) is 40.9 Å². The van der Waals surface area contributed by atoms with Gasteiger partial charge in [-0.05, 0) is 37.6 Å². The fraction of sp³-hybridized carbons (Fsp3) is 0.444. The summed E-state index contributed by atoms with van der Waals surface area (Å²) < 4.78 is 0. The molecule has 0 heterocycles. The maximum absolute atomic E-state index is 12.2. The molecule has 132 valence electrons. The van der Waals surface area contributed by atoms with Gasteiger partial charge in [-0.25, -0.2) is 0 Å². The fourth-order valence-corrected chi connectivity index (χ4v) is 2.20. The summed E-state index contributed by atoms with van der Waals surface area (Å²) in [5.41, 5.74) is 3.14. The van der Waals surface area contributed by atoms with E-state index in [1.165, 1.54) is 0 Å². The van der Waals surface area contributed by atoms with E-state index in [-0.39, 0.29) is 19.1 Å². The molecule has 0 saturated heterocycles. The Hall–Kier alpha value is -2.02. The average Bonchev–Trinajstić information content (AvgIpc) is 2.54. The lowest BCUT2D eigenvalue weighted by molar-refractivity contribution is -0.110. The lowest BCUT2D eigenvalue weighted by Crippen LogP contribution is -2.29. The molecule has 0 aliphatic rings. The normalized spacial score (nSPS) is 11.5. The highest BCUT2D eigenvalue weighted by Crippen LogP contribution is 2.12. The Labute approximate surface area is 143 Å². The van der Waals surface area contributed by atoms with Crippen LogP contribution >= 0.6 is 0 Å². The van der Waals surface area contributed by atoms with Crippen molar-refractivity contribution in [3.63, 3.8) is 0 Å². The summed E-state index contributed by atoms with van der Waals surface area (Å²) in [4.78, 5) is 18.1. The molecule has 0 unspecified atom stereocenters.